The van der Waals surface area contributed by atoms with E-state index in [-0.39, 0.29) is 6.04 Å². The molecule has 0 aromatic heterocycles. The lowest BCUT2D eigenvalue weighted by Crippen LogP contribution is -2.41. The Hall–Kier alpha value is -0.610. The Morgan fingerprint density at radius 2 is 1.88 bits per heavy atom. The van der Waals surface area contributed by atoms with Crippen LogP contribution in [0.1, 0.15) is 11.6 Å². The average molecular weight is 241 g/mol. The number of morpholine rings is 1. The monoisotopic (exact) mass is 240 g/mol. The van der Waals surface area contributed by atoms with E-state index in [0.717, 1.165) is 31.3 Å². The second-order valence-electron chi connectivity index (χ2n) is 3.95. The molecule has 0 amide bonds. The molecule has 0 spiro atoms. The molecular formula is C12H17ClN2O. The lowest BCUT2D eigenvalue weighted by molar-refractivity contribution is 0.0179. The topological polar surface area (TPSA) is 38.5 Å². The van der Waals surface area contributed by atoms with Crippen molar-refractivity contribution < 1.29 is 4.74 Å². The Morgan fingerprint density at radius 3 is 2.44 bits per heavy atom. The zero-order valence-electron chi connectivity index (χ0n) is 9.23. The zero-order valence-corrected chi connectivity index (χ0v) is 9.99. The molecule has 1 aromatic carbocycles. The van der Waals surface area contributed by atoms with Gasteiger partial charge in [-0.15, -0.1) is 0 Å². The molecule has 2 N–H and O–H groups in total. The molecule has 0 bridgehead atoms. The molecule has 4 heteroatoms. The van der Waals surface area contributed by atoms with Crippen LogP contribution in [0.25, 0.3) is 0 Å². The number of rotatable bonds is 3. The van der Waals surface area contributed by atoms with Gasteiger partial charge in [0.15, 0.2) is 0 Å². The van der Waals surface area contributed by atoms with Crippen molar-refractivity contribution in [3.63, 3.8) is 0 Å². The molecule has 2 rings (SSSR count). The van der Waals surface area contributed by atoms with Gasteiger partial charge in [-0.1, -0.05) is 23.7 Å². The molecule has 0 radical (unpaired) electrons. The van der Waals surface area contributed by atoms with Gasteiger partial charge in [0.25, 0.3) is 0 Å². The summed E-state index contributed by atoms with van der Waals surface area (Å²) in [4.78, 5) is 2.37. The first-order valence-electron chi connectivity index (χ1n) is 5.58. The molecule has 0 aliphatic carbocycles. The molecule has 88 valence electrons. The van der Waals surface area contributed by atoms with Gasteiger partial charge in [0.1, 0.15) is 0 Å². The largest absolute Gasteiger partial charge is 0.379 e. The molecule has 1 heterocycles. The minimum Gasteiger partial charge on any atom is -0.379 e. The van der Waals surface area contributed by atoms with Gasteiger partial charge in [-0.3, -0.25) is 4.90 Å². The smallest absolute Gasteiger partial charge is 0.0594 e. The van der Waals surface area contributed by atoms with Crippen molar-refractivity contribution in [1.82, 2.24) is 4.90 Å². The maximum atomic E-state index is 5.88. The predicted octanol–water partition coefficient (Wildman–Crippen LogP) is 1.67. The fourth-order valence-corrected chi connectivity index (χ4v) is 2.20. The van der Waals surface area contributed by atoms with Crippen LogP contribution < -0.4 is 5.73 Å². The second-order valence-corrected chi connectivity index (χ2v) is 4.39. The van der Waals surface area contributed by atoms with E-state index in [2.05, 4.69) is 17.0 Å². The Kier molecular flexibility index (Phi) is 4.18. The van der Waals surface area contributed by atoms with E-state index in [1.165, 1.54) is 5.56 Å². The van der Waals surface area contributed by atoms with Crippen molar-refractivity contribution in [2.24, 2.45) is 5.73 Å². The number of hydrogen-bond acceptors (Lipinski definition) is 3. The molecule has 16 heavy (non-hydrogen) atoms. The highest BCUT2D eigenvalue weighted by atomic mass is 35.5. The lowest BCUT2D eigenvalue weighted by atomic mass is 10.1. The minimum absolute atomic E-state index is 0.279. The van der Waals surface area contributed by atoms with E-state index in [0.29, 0.717) is 6.54 Å². The number of halogens is 1. The first-order chi connectivity index (χ1) is 7.81. The molecule has 0 saturated carbocycles. The van der Waals surface area contributed by atoms with Crippen molar-refractivity contribution in [1.29, 1.82) is 0 Å². The second kappa shape index (κ2) is 5.64. The van der Waals surface area contributed by atoms with Crippen molar-refractivity contribution in [3.8, 4) is 0 Å². The van der Waals surface area contributed by atoms with Crippen LogP contribution in [0.4, 0.5) is 0 Å². The molecule has 0 unspecified atom stereocenters. The Labute approximate surface area is 101 Å². The Morgan fingerprint density at radius 1 is 1.25 bits per heavy atom. The van der Waals surface area contributed by atoms with Crippen LogP contribution >= 0.6 is 11.6 Å². The number of nitrogens with two attached hydrogens (primary N) is 1. The van der Waals surface area contributed by atoms with Gasteiger partial charge in [0, 0.05) is 30.7 Å². The summed E-state index contributed by atoms with van der Waals surface area (Å²) in [5.74, 6) is 0. The number of hydrogen-bond donors (Lipinski definition) is 1. The van der Waals surface area contributed by atoms with Crippen molar-refractivity contribution >= 4 is 11.6 Å². The van der Waals surface area contributed by atoms with E-state index in [4.69, 9.17) is 22.1 Å². The van der Waals surface area contributed by atoms with E-state index >= 15 is 0 Å². The highest BCUT2D eigenvalue weighted by Gasteiger charge is 2.20. The molecule has 1 aromatic rings. The average Bonchev–Trinajstić information content (AvgIpc) is 2.34. The number of nitrogens with zero attached hydrogens (tertiary/aromatic N) is 1. The maximum Gasteiger partial charge on any atom is 0.0594 e. The summed E-state index contributed by atoms with van der Waals surface area (Å²) in [7, 11) is 0. The van der Waals surface area contributed by atoms with E-state index < -0.39 is 0 Å². The van der Waals surface area contributed by atoms with Gasteiger partial charge < -0.3 is 10.5 Å². The van der Waals surface area contributed by atoms with Crippen LogP contribution in [0.3, 0.4) is 0 Å². The number of benzene rings is 1. The standard InChI is InChI=1S/C12H17ClN2O/c13-11-3-1-10(2-4-11)12(9-14)15-5-7-16-8-6-15/h1-4,12H,5-9,14H2/t12-/m0/s1. The lowest BCUT2D eigenvalue weighted by Gasteiger charge is -2.34. The van der Waals surface area contributed by atoms with E-state index in [1.54, 1.807) is 0 Å². The minimum atomic E-state index is 0.279. The highest BCUT2D eigenvalue weighted by Crippen LogP contribution is 2.22. The molecule has 1 fully saturated rings. The quantitative estimate of drug-likeness (QED) is 0.874. The Bertz CT molecular complexity index is 322. The summed E-state index contributed by atoms with van der Waals surface area (Å²) < 4.78 is 5.35. The SMILES string of the molecule is NC[C@@H](c1ccc(Cl)cc1)N1CCOCC1. The van der Waals surface area contributed by atoms with E-state index in [1.807, 2.05) is 12.1 Å². The first kappa shape index (κ1) is 11.9. The molecule has 1 aliphatic heterocycles. The maximum absolute atomic E-state index is 5.88. The van der Waals surface area contributed by atoms with Crippen molar-refractivity contribution in [3.05, 3.63) is 34.9 Å². The van der Waals surface area contributed by atoms with E-state index in [9.17, 15) is 0 Å². The summed E-state index contributed by atoms with van der Waals surface area (Å²) >= 11 is 5.88. The molecular weight excluding hydrogens is 224 g/mol. The summed E-state index contributed by atoms with van der Waals surface area (Å²) in [5.41, 5.74) is 7.09. The third-order valence-corrected chi connectivity index (χ3v) is 3.22. The van der Waals surface area contributed by atoms with Gasteiger partial charge in [0.05, 0.1) is 13.2 Å². The van der Waals surface area contributed by atoms with Gasteiger partial charge in [-0.25, -0.2) is 0 Å². The fourth-order valence-electron chi connectivity index (χ4n) is 2.07. The van der Waals surface area contributed by atoms with Crippen LogP contribution in [0, 0.1) is 0 Å². The third-order valence-electron chi connectivity index (χ3n) is 2.96. The first-order valence-corrected chi connectivity index (χ1v) is 5.96. The third kappa shape index (κ3) is 2.74. The summed E-state index contributed by atoms with van der Waals surface area (Å²) in [6.45, 7) is 4.12. The van der Waals surface area contributed by atoms with Gasteiger partial charge in [-0.2, -0.15) is 0 Å². The van der Waals surface area contributed by atoms with Crippen molar-refractivity contribution in [2.75, 3.05) is 32.8 Å². The van der Waals surface area contributed by atoms with Crippen LogP contribution in [-0.4, -0.2) is 37.7 Å². The normalized spacial score (nSPS) is 19.6. The van der Waals surface area contributed by atoms with Crippen LogP contribution in [0.15, 0.2) is 24.3 Å². The van der Waals surface area contributed by atoms with Crippen LogP contribution in [0.2, 0.25) is 5.02 Å². The zero-order chi connectivity index (χ0) is 11.4. The van der Waals surface area contributed by atoms with Crippen molar-refractivity contribution in [2.45, 2.75) is 6.04 Å². The van der Waals surface area contributed by atoms with Gasteiger partial charge in [-0.05, 0) is 17.7 Å². The van der Waals surface area contributed by atoms with Crippen LogP contribution in [0.5, 0.6) is 0 Å². The predicted molar refractivity (Wildman–Crippen MR) is 65.6 cm³/mol. The molecule has 1 saturated heterocycles. The Balaban J connectivity index is 2.11. The molecule has 1 atom stereocenters. The fraction of sp³-hybridized carbons (Fsp3) is 0.500. The van der Waals surface area contributed by atoms with Crippen LogP contribution in [-0.2, 0) is 4.74 Å². The summed E-state index contributed by atoms with van der Waals surface area (Å²) in [6, 6.07) is 8.21. The molecule has 1 aliphatic rings. The van der Waals surface area contributed by atoms with Gasteiger partial charge >= 0.3 is 0 Å². The number of ether oxygens (including phenoxy) is 1. The molecule has 3 nitrogen and oxygen atoms in total. The highest BCUT2D eigenvalue weighted by molar-refractivity contribution is 6.30. The van der Waals surface area contributed by atoms with Gasteiger partial charge in [0.2, 0.25) is 0 Å². The summed E-state index contributed by atoms with van der Waals surface area (Å²) in [6.07, 6.45) is 0. The summed E-state index contributed by atoms with van der Waals surface area (Å²) in [5, 5.41) is 0.765.